The average molecular weight is 562 g/mol. The number of hydrogen-bond acceptors (Lipinski definition) is 5. The van der Waals surface area contributed by atoms with Crippen LogP contribution in [0.5, 0.6) is 17.2 Å². The molecule has 0 saturated heterocycles. The van der Waals surface area contributed by atoms with E-state index in [9.17, 15) is 23.4 Å². The lowest BCUT2D eigenvalue weighted by Crippen LogP contribution is -2.38. The summed E-state index contributed by atoms with van der Waals surface area (Å²) >= 11 is 6.26. The molecule has 4 aromatic carbocycles. The summed E-state index contributed by atoms with van der Waals surface area (Å²) in [5.41, 5.74) is 1.60. The van der Waals surface area contributed by atoms with E-state index in [0.717, 1.165) is 17.2 Å². The fraction of sp³-hybridized carbons (Fsp3) is 0.100. The predicted octanol–water partition coefficient (Wildman–Crippen LogP) is 7.00. The Hall–Kier alpha value is -4.27. The molecule has 0 atom stereocenters. The number of allylic oxidation sites excluding steroid dienone is 2. The Kier molecular flexibility index (Phi) is 6.84. The van der Waals surface area contributed by atoms with E-state index in [0.29, 0.717) is 22.2 Å². The number of phenols is 1. The van der Waals surface area contributed by atoms with Gasteiger partial charge in [0.05, 0.1) is 16.6 Å². The Labute approximate surface area is 230 Å². The van der Waals surface area contributed by atoms with Crippen LogP contribution in [-0.2, 0) is 10.0 Å². The molecular formula is C30H24ClNO6S. The van der Waals surface area contributed by atoms with Crippen molar-refractivity contribution in [3.8, 4) is 17.2 Å². The molecule has 0 radical (unpaired) electrons. The molecule has 0 heterocycles. The maximum absolute atomic E-state index is 14.2. The van der Waals surface area contributed by atoms with E-state index >= 15 is 0 Å². The standard InChI is InChI=1S/C30H24ClNO6S/c1-18-15-23(16-19(2)28(18)31)38-22-13-11-21(12-14-22)32(20-7-3-4-8-20)39(36,37)27-17-26(30(34)35)29(33)25-10-6-5-9-24(25)27/h3-17,20,33H,1-2H3,(H,34,35). The van der Waals surface area contributed by atoms with E-state index in [-0.39, 0.29) is 15.7 Å². The normalized spacial score (nSPS) is 13.2. The molecule has 1 aliphatic rings. The lowest BCUT2D eigenvalue weighted by atomic mass is 10.1. The highest BCUT2D eigenvalue weighted by atomic mass is 35.5. The number of carboxylic acids is 1. The van der Waals surface area contributed by atoms with Crippen molar-refractivity contribution in [1.29, 1.82) is 0 Å². The van der Waals surface area contributed by atoms with Crippen molar-refractivity contribution in [2.24, 2.45) is 0 Å². The van der Waals surface area contributed by atoms with Crippen LogP contribution in [0, 0.1) is 13.8 Å². The molecule has 1 aliphatic carbocycles. The first-order valence-corrected chi connectivity index (χ1v) is 13.8. The van der Waals surface area contributed by atoms with Crippen molar-refractivity contribution in [2.75, 3.05) is 4.31 Å². The number of halogens is 1. The van der Waals surface area contributed by atoms with E-state index in [1.54, 1.807) is 66.8 Å². The van der Waals surface area contributed by atoms with Gasteiger partial charge in [0.2, 0.25) is 0 Å². The molecule has 0 saturated carbocycles. The number of aromatic carboxylic acids is 1. The maximum Gasteiger partial charge on any atom is 0.339 e. The second-order valence-corrected chi connectivity index (χ2v) is 11.3. The molecule has 0 spiro atoms. The zero-order chi connectivity index (χ0) is 27.9. The maximum atomic E-state index is 14.2. The largest absolute Gasteiger partial charge is 0.506 e. The van der Waals surface area contributed by atoms with Crippen LogP contribution in [0.1, 0.15) is 21.5 Å². The van der Waals surface area contributed by atoms with E-state index in [2.05, 4.69) is 0 Å². The van der Waals surface area contributed by atoms with Gasteiger partial charge in [-0.1, -0.05) is 60.2 Å². The molecule has 39 heavy (non-hydrogen) atoms. The van der Waals surface area contributed by atoms with Gasteiger partial charge in [0.1, 0.15) is 22.8 Å². The number of rotatable bonds is 7. The van der Waals surface area contributed by atoms with Crippen LogP contribution in [-0.4, -0.2) is 30.6 Å². The lowest BCUT2D eigenvalue weighted by molar-refractivity contribution is 0.0693. The highest BCUT2D eigenvalue weighted by Gasteiger charge is 2.33. The number of benzene rings is 4. The summed E-state index contributed by atoms with van der Waals surface area (Å²) in [6, 6.07) is 16.9. The van der Waals surface area contributed by atoms with E-state index in [4.69, 9.17) is 16.3 Å². The summed E-state index contributed by atoms with van der Waals surface area (Å²) in [7, 11) is -4.32. The van der Waals surface area contributed by atoms with Gasteiger partial charge in [-0.15, -0.1) is 0 Å². The second kappa shape index (κ2) is 10.1. The molecule has 9 heteroatoms. The third-order valence-corrected chi connectivity index (χ3v) is 8.94. The minimum absolute atomic E-state index is 0.130. The third kappa shape index (κ3) is 4.84. The topological polar surface area (TPSA) is 104 Å². The minimum Gasteiger partial charge on any atom is -0.506 e. The van der Waals surface area contributed by atoms with Gasteiger partial charge in [0.25, 0.3) is 10.0 Å². The fourth-order valence-electron chi connectivity index (χ4n) is 4.62. The van der Waals surface area contributed by atoms with Gasteiger partial charge in [-0.3, -0.25) is 4.31 Å². The van der Waals surface area contributed by atoms with Gasteiger partial charge in [0.15, 0.2) is 0 Å². The van der Waals surface area contributed by atoms with Gasteiger partial charge in [-0.2, -0.15) is 0 Å². The highest BCUT2D eigenvalue weighted by Crippen LogP contribution is 2.38. The lowest BCUT2D eigenvalue weighted by Gasteiger charge is -2.29. The van der Waals surface area contributed by atoms with Crippen molar-refractivity contribution in [2.45, 2.75) is 24.8 Å². The third-order valence-electron chi connectivity index (χ3n) is 6.48. The number of fused-ring (bicyclic) bond motifs is 1. The number of hydrogen-bond donors (Lipinski definition) is 2. The number of anilines is 1. The zero-order valence-electron chi connectivity index (χ0n) is 21.0. The van der Waals surface area contributed by atoms with Crippen LogP contribution in [0.25, 0.3) is 10.8 Å². The number of ether oxygens (including phenoxy) is 1. The summed E-state index contributed by atoms with van der Waals surface area (Å²) in [4.78, 5) is 11.6. The van der Waals surface area contributed by atoms with Gasteiger partial charge < -0.3 is 14.9 Å². The Balaban J connectivity index is 1.60. The van der Waals surface area contributed by atoms with Crippen molar-refractivity contribution >= 4 is 44.1 Å². The Bertz CT molecular complexity index is 1740. The predicted molar refractivity (Wildman–Crippen MR) is 152 cm³/mol. The van der Waals surface area contributed by atoms with Crippen molar-refractivity contribution in [3.05, 3.63) is 113 Å². The zero-order valence-corrected chi connectivity index (χ0v) is 22.6. The van der Waals surface area contributed by atoms with Gasteiger partial charge in [0, 0.05) is 15.8 Å². The number of carbonyl (C=O) groups is 1. The Morgan fingerprint density at radius 3 is 2.08 bits per heavy atom. The van der Waals surface area contributed by atoms with Gasteiger partial charge >= 0.3 is 5.97 Å². The molecule has 7 nitrogen and oxygen atoms in total. The molecule has 0 bridgehead atoms. The minimum atomic E-state index is -4.32. The molecular weight excluding hydrogens is 538 g/mol. The summed E-state index contributed by atoms with van der Waals surface area (Å²) in [5.74, 6) is -0.822. The second-order valence-electron chi connectivity index (χ2n) is 9.15. The van der Waals surface area contributed by atoms with E-state index in [1.165, 1.54) is 10.4 Å². The molecule has 0 unspecified atom stereocenters. The van der Waals surface area contributed by atoms with Gasteiger partial charge in [-0.25, -0.2) is 13.2 Å². The summed E-state index contributed by atoms with van der Waals surface area (Å²) < 4.78 is 35.7. The van der Waals surface area contributed by atoms with Crippen molar-refractivity contribution in [1.82, 2.24) is 0 Å². The summed E-state index contributed by atoms with van der Waals surface area (Å²) in [6.07, 6.45) is 6.94. The highest BCUT2D eigenvalue weighted by molar-refractivity contribution is 7.93. The smallest absolute Gasteiger partial charge is 0.339 e. The number of carboxylic acid groups (broad SMARTS) is 1. The molecule has 0 aliphatic heterocycles. The van der Waals surface area contributed by atoms with Gasteiger partial charge in [-0.05, 0) is 67.4 Å². The number of nitrogens with zero attached hydrogens (tertiary/aromatic N) is 1. The fourth-order valence-corrected chi connectivity index (χ4v) is 6.52. The number of aryl methyl sites for hydroxylation is 2. The molecule has 4 aromatic rings. The molecule has 0 amide bonds. The molecule has 198 valence electrons. The van der Waals surface area contributed by atoms with E-state index in [1.807, 2.05) is 26.0 Å². The van der Waals surface area contributed by atoms with Crippen molar-refractivity contribution in [3.63, 3.8) is 0 Å². The van der Waals surface area contributed by atoms with Crippen LogP contribution < -0.4 is 9.04 Å². The molecule has 5 rings (SSSR count). The van der Waals surface area contributed by atoms with Crippen molar-refractivity contribution < 1.29 is 28.2 Å². The first-order valence-electron chi connectivity index (χ1n) is 12.0. The van der Waals surface area contributed by atoms with Crippen LogP contribution in [0.15, 0.2) is 95.9 Å². The average Bonchev–Trinajstić information content (AvgIpc) is 3.42. The summed E-state index contributed by atoms with van der Waals surface area (Å²) in [6.45, 7) is 3.78. The number of sulfonamides is 1. The molecule has 2 N–H and O–H groups in total. The first kappa shape index (κ1) is 26.3. The number of aromatic hydroxyl groups is 1. The molecule has 0 aromatic heterocycles. The van der Waals surface area contributed by atoms with E-state index < -0.39 is 33.3 Å². The van der Waals surface area contributed by atoms with Crippen LogP contribution in [0.4, 0.5) is 5.69 Å². The van der Waals surface area contributed by atoms with Crippen LogP contribution in [0.3, 0.4) is 0 Å². The summed E-state index contributed by atoms with van der Waals surface area (Å²) in [5, 5.41) is 21.2. The Morgan fingerprint density at radius 1 is 0.897 bits per heavy atom. The SMILES string of the molecule is Cc1cc(Oc2ccc(N(C3C=CC=C3)S(=O)(=O)c3cc(C(=O)O)c(O)c4ccccc34)cc2)cc(C)c1Cl. The first-order chi connectivity index (χ1) is 18.6. The molecule has 0 fully saturated rings. The van der Waals surface area contributed by atoms with Crippen LogP contribution in [0.2, 0.25) is 5.02 Å². The quantitative estimate of drug-likeness (QED) is 0.252. The monoisotopic (exact) mass is 561 g/mol. The Morgan fingerprint density at radius 2 is 1.49 bits per heavy atom. The van der Waals surface area contributed by atoms with Crippen LogP contribution >= 0.6 is 11.6 Å².